The number of hydrogen-bond acceptors (Lipinski definition) is 5. The van der Waals surface area contributed by atoms with Gasteiger partial charge in [0.25, 0.3) is 0 Å². The number of aromatic nitrogens is 2. The molecule has 5 nitrogen and oxygen atoms in total. The first-order chi connectivity index (χ1) is 8.11. The molecule has 0 aromatic carbocycles. The lowest BCUT2D eigenvalue weighted by Crippen LogP contribution is -2.42. The highest BCUT2D eigenvalue weighted by Crippen LogP contribution is 2.19. The molecule has 0 spiro atoms. The first-order valence-corrected chi connectivity index (χ1v) is 5.92. The highest BCUT2D eigenvalue weighted by Gasteiger charge is 2.32. The van der Waals surface area contributed by atoms with Crippen LogP contribution in [0.4, 0.5) is 0 Å². The SMILES string of the molecule is Cc1nccnc1C(C)NCC1(O)CCOC1. The quantitative estimate of drug-likeness (QED) is 0.802. The van der Waals surface area contributed by atoms with Crippen LogP contribution < -0.4 is 5.32 Å². The Balaban J connectivity index is 1.93. The molecule has 2 atom stereocenters. The highest BCUT2D eigenvalue weighted by atomic mass is 16.5. The zero-order valence-corrected chi connectivity index (χ0v) is 10.3. The predicted octanol–water partition coefficient (Wildman–Crippen LogP) is 0.587. The number of hydrogen-bond donors (Lipinski definition) is 2. The molecule has 2 heterocycles. The Morgan fingerprint density at radius 1 is 1.53 bits per heavy atom. The Hall–Kier alpha value is -1.04. The Bertz CT molecular complexity index is 378. The molecule has 2 rings (SSSR count). The number of rotatable bonds is 4. The van der Waals surface area contributed by atoms with Crippen LogP contribution in [0.5, 0.6) is 0 Å². The predicted molar refractivity (Wildman–Crippen MR) is 63.6 cm³/mol. The van der Waals surface area contributed by atoms with E-state index < -0.39 is 5.60 Å². The molecule has 2 N–H and O–H groups in total. The minimum Gasteiger partial charge on any atom is -0.386 e. The molecule has 0 saturated carbocycles. The summed E-state index contributed by atoms with van der Waals surface area (Å²) in [5.74, 6) is 0. The maximum absolute atomic E-state index is 10.1. The summed E-state index contributed by atoms with van der Waals surface area (Å²) >= 11 is 0. The molecule has 94 valence electrons. The standard InChI is InChI=1S/C12H19N3O2/c1-9-11(14-5-4-13-9)10(2)15-7-12(16)3-6-17-8-12/h4-5,10,15-16H,3,6-8H2,1-2H3. The summed E-state index contributed by atoms with van der Waals surface area (Å²) in [6.45, 7) is 5.52. The minimum atomic E-state index is -0.732. The molecule has 1 saturated heterocycles. The lowest BCUT2D eigenvalue weighted by Gasteiger charge is -2.23. The second kappa shape index (κ2) is 5.08. The van der Waals surface area contributed by atoms with Crippen molar-refractivity contribution in [2.45, 2.75) is 31.9 Å². The highest BCUT2D eigenvalue weighted by molar-refractivity contribution is 5.12. The van der Waals surface area contributed by atoms with Crippen molar-refractivity contribution < 1.29 is 9.84 Å². The molecule has 17 heavy (non-hydrogen) atoms. The molecule has 2 unspecified atom stereocenters. The van der Waals surface area contributed by atoms with Crippen LogP contribution in [0.1, 0.15) is 30.8 Å². The second-order valence-electron chi connectivity index (χ2n) is 4.66. The van der Waals surface area contributed by atoms with Gasteiger partial charge in [-0.05, 0) is 13.8 Å². The third-order valence-corrected chi connectivity index (χ3v) is 3.15. The second-order valence-corrected chi connectivity index (χ2v) is 4.66. The molecule has 0 aliphatic carbocycles. The lowest BCUT2D eigenvalue weighted by atomic mass is 10.0. The average Bonchev–Trinajstić information content (AvgIpc) is 2.74. The third kappa shape index (κ3) is 3.00. The van der Waals surface area contributed by atoms with E-state index in [0.29, 0.717) is 26.2 Å². The van der Waals surface area contributed by atoms with Crippen LogP contribution in [0.2, 0.25) is 0 Å². The molecule has 0 amide bonds. The molecule has 1 aromatic heterocycles. The van der Waals surface area contributed by atoms with E-state index in [2.05, 4.69) is 15.3 Å². The topological polar surface area (TPSA) is 67.3 Å². The van der Waals surface area contributed by atoms with Crippen molar-refractivity contribution in [2.75, 3.05) is 19.8 Å². The first-order valence-electron chi connectivity index (χ1n) is 5.92. The van der Waals surface area contributed by atoms with Crippen molar-refractivity contribution in [3.63, 3.8) is 0 Å². The van der Waals surface area contributed by atoms with Crippen LogP contribution in [-0.2, 0) is 4.74 Å². The van der Waals surface area contributed by atoms with Crippen molar-refractivity contribution in [3.8, 4) is 0 Å². The lowest BCUT2D eigenvalue weighted by molar-refractivity contribution is 0.0250. The van der Waals surface area contributed by atoms with Gasteiger partial charge < -0.3 is 15.2 Å². The van der Waals surface area contributed by atoms with E-state index >= 15 is 0 Å². The molecule has 0 radical (unpaired) electrons. The third-order valence-electron chi connectivity index (χ3n) is 3.15. The molecule has 1 aromatic rings. The van der Waals surface area contributed by atoms with Crippen molar-refractivity contribution in [2.24, 2.45) is 0 Å². The molecular weight excluding hydrogens is 218 g/mol. The van der Waals surface area contributed by atoms with E-state index in [-0.39, 0.29) is 6.04 Å². The van der Waals surface area contributed by atoms with E-state index in [1.807, 2.05) is 13.8 Å². The van der Waals surface area contributed by atoms with Gasteiger partial charge in [0.15, 0.2) is 0 Å². The van der Waals surface area contributed by atoms with Crippen LogP contribution in [0.3, 0.4) is 0 Å². The fourth-order valence-electron chi connectivity index (χ4n) is 2.02. The fourth-order valence-corrected chi connectivity index (χ4v) is 2.02. The van der Waals surface area contributed by atoms with Crippen LogP contribution in [0, 0.1) is 6.92 Å². The Labute approximate surface area is 101 Å². The van der Waals surface area contributed by atoms with Crippen LogP contribution in [0.25, 0.3) is 0 Å². The van der Waals surface area contributed by atoms with E-state index in [4.69, 9.17) is 4.74 Å². The van der Waals surface area contributed by atoms with Crippen LogP contribution >= 0.6 is 0 Å². The number of ether oxygens (including phenoxy) is 1. The van der Waals surface area contributed by atoms with Gasteiger partial charge in [0, 0.05) is 38.0 Å². The maximum Gasteiger partial charge on any atom is 0.103 e. The smallest absolute Gasteiger partial charge is 0.103 e. The van der Waals surface area contributed by atoms with E-state index in [9.17, 15) is 5.11 Å². The van der Waals surface area contributed by atoms with Gasteiger partial charge in [0.2, 0.25) is 0 Å². The molecule has 1 fully saturated rings. The van der Waals surface area contributed by atoms with Gasteiger partial charge in [-0.15, -0.1) is 0 Å². The van der Waals surface area contributed by atoms with Crippen molar-refractivity contribution in [1.29, 1.82) is 0 Å². The normalized spacial score (nSPS) is 26.1. The van der Waals surface area contributed by atoms with E-state index in [0.717, 1.165) is 11.4 Å². The summed E-state index contributed by atoms with van der Waals surface area (Å²) in [4.78, 5) is 8.52. The number of aliphatic hydroxyl groups is 1. The molecular formula is C12H19N3O2. The summed E-state index contributed by atoms with van der Waals surface area (Å²) in [7, 11) is 0. The average molecular weight is 237 g/mol. The molecule has 1 aliphatic rings. The number of nitrogens with zero attached hydrogens (tertiary/aromatic N) is 2. The number of aryl methyl sites for hydroxylation is 1. The minimum absolute atomic E-state index is 0.0772. The first kappa shape index (κ1) is 12.4. The zero-order chi connectivity index (χ0) is 12.3. The van der Waals surface area contributed by atoms with Gasteiger partial charge in [-0.3, -0.25) is 9.97 Å². The van der Waals surface area contributed by atoms with Crippen molar-refractivity contribution in [1.82, 2.24) is 15.3 Å². The van der Waals surface area contributed by atoms with Gasteiger partial charge in [-0.25, -0.2) is 0 Å². The summed E-state index contributed by atoms with van der Waals surface area (Å²) in [5, 5.41) is 13.4. The summed E-state index contributed by atoms with van der Waals surface area (Å²) in [6.07, 6.45) is 4.06. The Morgan fingerprint density at radius 2 is 2.29 bits per heavy atom. The van der Waals surface area contributed by atoms with Gasteiger partial charge >= 0.3 is 0 Å². The summed E-state index contributed by atoms with van der Waals surface area (Å²) in [5.41, 5.74) is 1.11. The van der Waals surface area contributed by atoms with Gasteiger partial charge in [-0.2, -0.15) is 0 Å². The van der Waals surface area contributed by atoms with Crippen molar-refractivity contribution >= 4 is 0 Å². The Morgan fingerprint density at radius 3 is 2.94 bits per heavy atom. The fraction of sp³-hybridized carbons (Fsp3) is 0.667. The largest absolute Gasteiger partial charge is 0.386 e. The summed E-state index contributed by atoms with van der Waals surface area (Å²) < 4.78 is 5.20. The van der Waals surface area contributed by atoms with Gasteiger partial charge in [-0.1, -0.05) is 0 Å². The maximum atomic E-state index is 10.1. The van der Waals surface area contributed by atoms with Crippen LogP contribution in [0.15, 0.2) is 12.4 Å². The molecule has 1 aliphatic heterocycles. The van der Waals surface area contributed by atoms with Crippen LogP contribution in [-0.4, -0.2) is 40.4 Å². The zero-order valence-electron chi connectivity index (χ0n) is 10.3. The van der Waals surface area contributed by atoms with Crippen molar-refractivity contribution in [3.05, 3.63) is 23.8 Å². The monoisotopic (exact) mass is 237 g/mol. The van der Waals surface area contributed by atoms with Gasteiger partial charge in [0.1, 0.15) is 5.60 Å². The van der Waals surface area contributed by atoms with Gasteiger partial charge in [0.05, 0.1) is 18.0 Å². The summed E-state index contributed by atoms with van der Waals surface area (Å²) in [6, 6.07) is 0.0772. The number of nitrogens with one attached hydrogen (secondary N) is 1. The van der Waals surface area contributed by atoms with E-state index in [1.165, 1.54) is 0 Å². The van der Waals surface area contributed by atoms with E-state index in [1.54, 1.807) is 12.4 Å². The molecule has 5 heteroatoms. The Kier molecular flexibility index (Phi) is 3.71. The molecule has 0 bridgehead atoms.